The lowest BCUT2D eigenvalue weighted by molar-refractivity contribution is 0.367. The van der Waals surface area contributed by atoms with E-state index in [9.17, 15) is 0 Å². The highest BCUT2D eigenvalue weighted by atomic mass is 16.5. The number of benzene rings is 1. The van der Waals surface area contributed by atoms with E-state index in [4.69, 9.17) is 15.3 Å². The number of hydrogen-bond donors (Lipinski definition) is 1. The topological polar surface area (TPSA) is 68.8 Å². The van der Waals surface area contributed by atoms with E-state index in [1.807, 2.05) is 44.2 Å². The molecule has 4 heteroatoms. The maximum atomic E-state index is 8.96. The van der Waals surface area contributed by atoms with Gasteiger partial charge in [-0.3, -0.25) is 0 Å². The molecule has 0 fully saturated rings. The molecule has 1 aromatic carbocycles. The van der Waals surface area contributed by atoms with Crippen LogP contribution in [0, 0.1) is 28.1 Å². The van der Waals surface area contributed by atoms with Crippen molar-refractivity contribution in [3.8, 4) is 17.9 Å². The zero-order valence-corrected chi connectivity index (χ0v) is 11.6. The fourth-order valence-corrected chi connectivity index (χ4v) is 1.53. The van der Waals surface area contributed by atoms with Gasteiger partial charge in [0.25, 0.3) is 0 Å². The van der Waals surface area contributed by atoms with Crippen LogP contribution in [0.3, 0.4) is 0 Å². The summed E-state index contributed by atoms with van der Waals surface area (Å²) < 4.78 is 5.20. The van der Waals surface area contributed by atoms with Crippen molar-refractivity contribution in [1.82, 2.24) is 5.32 Å². The van der Waals surface area contributed by atoms with E-state index in [0.29, 0.717) is 12.3 Å². The van der Waals surface area contributed by atoms with E-state index >= 15 is 0 Å². The van der Waals surface area contributed by atoms with Crippen LogP contribution in [0.25, 0.3) is 0 Å². The molecular weight excluding hydrogens is 238 g/mol. The number of nitriles is 2. The van der Waals surface area contributed by atoms with Crippen LogP contribution in [0.2, 0.25) is 0 Å². The normalized spacial score (nSPS) is 12.3. The summed E-state index contributed by atoms with van der Waals surface area (Å²) in [6, 6.07) is 12.0. The number of nitrogens with zero attached hydrogens (tertiary/aromatic N) is 2. The summed E-state index contributed by atoms with van der Waals surface area (Å²) in [6.07, 6.45) is 0. The lowest BCUT2D eigenvalue weighted by atomic mass is 9.95. The van der Waals surface area contributed by atoms with E-state index in [1.165, 1.54) is 0 Å². The standard InChI is InChI=1S/C15H19N3O/c1-12(18-11-15(2,3)10-17)13-4-6-14(7-5-13)19-9-8-16/h4-7,12,18H,9,11H2,1-3H3. The van der Waals surface area contributed by atoms with Gasteiger partial charge < -0.3 is 10.1 Å². The third-order valence-corrected chi connectivity index (χ3v) is 2.84. The Morgan fingerprint density at radius 1 is 1.26 bits per heavy atom. The van der Waals surface area contributed by atoms with E-state index in [-0.39, 0.29) is 18.1 Å². The second-order valence-electron chi connectivity index (χ2n) is 5.11. The SMILES string of the molecule is CC(NCC(C)(C)C#N)c1ccc(OCC#N)cc1. The van der Waals surface area contributed by atoms with Gasteiger partial charge in [0, 0.05) is 12.6 Å². The molecule has 0 aliphatic rings. The summed E-state index contributed by atoms with van der Waals surface area (Å²) in [6.45, 7) is 6.57. The summed E-state index contributed by atoms with van der Waals surface area (Å²) in [5.74, 6) is 0.690. The van der Waals surface area contributed by atoms with Crippen LogP contribution in [0.1, 0.15) is 32.4 Å². The number of ether oxygens (including phenoxy) is 1. The molecule has 19 heavy (non-hydrogen) atoms. The summed E-state index contributed by atoms with van der Waals surface area (Å²) >= 11 is 0. The molecule has 0 radical (unpaired) electrons. The molecule has 1 rings (SSSR count). The predicted molar refractivity (Wildman–Crippen MR) is 73.4 cm³/mol. The molecule has 4 nitrogen and oxygen atoms in total. The first-order chi connectivity index (χ1) is 8.98. The molecule has 1 aromatic rings. The molecule has 1 N–H and O–H groups in total. The van der Waals surface area contributed by atoms with Crippen LogP contribution in [0.5, 0.6) is 5.75 Å². The Morgan fingerprint density at radius 3 is 2.42 bits per heavy atom. The van der Waals surface area contributed by atoms with Crippen LogP contribution in [0.4, 0.5) is 0 Å². The third kappa shape index (κ3) is 4.99. The zero-order valence-electron chi connectivity index (χ0n) is 11.6. The van der Waals surface area contributed by atoms with Gasteiger partial charge >= 0.3 is 0 Å². The molecule has 0 saturated heterocycles. The van der Waals surface area contributed by atoms with Crippen molar-refractivity contribution in [3.63, 3.8) is 0 Å². The molecule has 1 unspecified atom stereocenters. The molecule has 0 saturated carbocycles. The van der Waals surface area contributed by atoms with Gasteiger partial charge in [-0.05, 0) is 38.5 Å². The summed E-state index contributed by atoms with van der Waals surface area (Å²) in [7, 11) is 0. The molecule has 0 amide bonds. The van der Waals surface area contributed by atoms with Crippen LogP contribution in [0.15, 0.2) is 24.3 Å². The van der Waals surface area contributed by atoms with Gasteiger partial charge in [-0.15, -0.1) is 0 Å². The van der Waals surface area contributed by atoms with Crippen molar-refractivity contribution in [3.05, 3.63) is 29.8 Å². The van der Waals surface area contributed by atoms with Gasteiger partial charge in [0.1, 0.15) is 11.8 Å². The predicted octanol–water partition coefficient (Wildman–Crippen LogP) is 2.79. The smallest absolute Gasteiger partial charge is 0.174 e. The lowest BCUT2D eigenvalue weighted by Crippen LogP contribution is -2.30. The Hall–Kier alpha value is -2.04. The van der Waals surface area contributed by atoms with E-state index in [0.717, 1.165) is 5.56 Å². The Balaban J connectivity index is 2.56. The number of hydrogen-bond acceptors (Lipinski definition) is 4. The maximum Gasteiger partial charge on any atom is 0.174 e. The Kier molecular flexibility index (Phi) is 5.36. The molecule has 0 heterocycles. The van der Waals surface area contributed by atoms with Crippen molar-refractivity contribution < 1.29 is 4.74 Å². The highest BCUT2D eigenvalue weighted by molar-refractivity contribution is 5.29. The maximum absolute atomic E-state index is 8.96. The van der Waals surface area contributed by atoms with Gasteiger partial charge in [0.2, 0.25) is 0 Å². The van der Waals surface area contributed by atoms with Gasteiger partial charge in [0.05, 0.1) is 11.5 Å². The monoisotopic (exact) mass is 257 g/mol. The fraction of sp³-hybridized carbons (Fsp3) is 0.467. The minimum atomic E-state index is -0.371. The molecule has 0 bridgehead atoms. The fourth-order valence-electron chi connectivity index (χ4n) is 1.53. The Bertz CT molecular complexity index is 480. The Labute approximate surface area is 114 Å². The first kappa shape index (κ1) is 15.0. The van der Waals surface area contributed by atoms with Crippen LogP contribution >= 0.6 is 0 Å². The average molecular weight is 257 g/mol. The van der Waals surface area contributed by atoms with E-state index in [1.54, 1.807) is 0 Å². The largest absolute Gasteiger partial charge is 0.479 e. The van der Waals surface area contributed by atoms with Crippen molar-refractivity contribution in [2.45, 2.75) is 26.8 Å². The van der Waals surface area contributed by atoms with Crippen molar-refractivity contribution in [1.29, 1.82) is 10.5 Å². The first-order valence-electron chi connectivity index (χ1n) is 6.23. The summed E-state index contributed by atoms with van der Waals surface area (Å²) in [4.78, 5) is 0. The van der Waals surface area contributed by atoms with Crippen LogP contribution < -0.4 is 10.1 Å². The average Bonchev–Trinajstić information content (AvgIpc) is 2.43. The highest BCUT2D eigenvalue weighted by Gasteiger charge is 2.17. The molecule has 100 valence electrons. The first-order valence-corrected chi connectivity index (χ1v) is 6.23. The molecule has 0 aliphatic heterocycles. The van der Waals surface area contributed by atoms with Crippen LogP contribution in [-0.2, 0) is 0 Å². The molecule has 1 atom stereocenters. The minimum Gasteiger partial charge on any atom is -0.479 e. The van der Waals surface area contributed by atoms with Crippen molar-refractivity contribution >= 4 is 0 Å². The highest BCUT2D eigenvalue weighted by Crippen LogP contribution is 2.19. The van der Waals surface area contributed by atoms with Gasteiger partial charge in [-0.25, -0.2) is 0 Å². The lowest BCUT2D eigenvalue weighted by Gasteiger charge is -2.20. The zero-order chi connectivity index (χ0) is 14.3. The molecule has 0 aliphatic carbocycles. The van der Waals surface area contributed by atoms with Crippen LogP contribution in [-0.4, -0.2) is 13.2 Å². The summed E-state index contributed by atoms with van der Waals surface area (Å²) in [5, 5.41) is 20.7. The number of rotatable bonds is 6. The minimum absolute atomic E-state index is 0.0590. The second-order valence-corrected chi connectivity index (χ2v) is 5.11. The summed E-state index contributed by atoms with van der Waals surface area (Å²) in [5.41, 5.74) is 0.752. The quantitative estimate of drug-likeness (QED) is 0.850. The van der Waals surface area contributed by atoms with E-state index < -0.39 is 0 Å². The third-order valence-electron chi connectivity index (χ3n) is 2.84. The van der Waals surface area contributed by atoms with E-state index in [2.05, 4.69) is 18.3 Å². The number of nitrogens with one attached hydrogen (secondary N) is 1. The van der Waals surface area contributed by atoms with Crippen molar-refractivity contribution in [2.75, 3.05) is 13.2 Å². The van der Waals surface area contributed by atoms with Gasteiger partial charge in [-0.2, -0.15) is 10.5 Å². The van der Waals surface area contributed by atoms with Gasteiger partial charge in [0.15, 0.2) is 6.61 Å². The van der Waals surface area contributed by atoms with Crippen molar-refractivity contribution in [2.24, 2.45) is 5.41 Å². The Morgan fingerprint density at radius 2 is 1.89 bits per heavy atom. The molecular formula is C15H19N3O. The second kappa shape index (κ2) is 6.78. The molecule has 0 spiro atoms. The molecule has 0 aromatic heterocycles. The van der Waals surface area contributed by atoms with Gasteiger partial charge in [-0.1, -0.05) is 12.1 Å².